The monoisotopic (exact) mass is 281 g/mol. The van der Waals surface area contributed by atoms with Gasteiger partial charge in [0, 0.05) is 6.04 Å². The average Bonchev–Trinajstić information content (AvgIpc) is 2.83. The summed E-state index contributed by atoms with van der Waals surface area (Å²) in [4.78, 5) is 0. The second-order valence-electron chi connectivity index (χ2n) is 7.80. The van der Waals surface area contributed by atoms with Crippen LogP contribution in [0.15, 0.2) is 0 Å². The molecular weight excluding hydrogens is 242 g/mol. The standard InChI is InChI=1S/C19H39N/c1-6-10-17(5)14-18(20-13-7-2)19(15-16(3)4)11-8-9-12-19/h16-18,20H,6-15H2,1-5H3. The summed E-state index contributed by atoms with van der Waals surface area (Å²) in [6.45, 7) is 13.1. The zero-order chi connectivity index (χ0) is 15.0. The molecule has 1 saturated carbocycles. The predicted molar refractivity (Wildman–Crippen MR) is 91.1 cm³/mol. The van der Waals surface area contributed by atoms with E-state index in [2.05, 4.69) is 39.9 Å². The first-order valence-electron chi connectivity index (χ1n) is 9.27. The van der Waals surface area contributed by atoms with Gasteiger partial charge in [0.2, 0.25) is 0 Å². The van der Waals surface area contributed by atoms with Crippen LogP contribution in [0.1, 0.15) is 92.4 Å². The molecule has 1 N–H and O–H groups in total. The molecule has 0 aromatic carbocycles. The van der Waals surface area contributed by atoms with Crippen LogP contribution in [0.4, 0.5) is 0 Å². The van der Waals surface area contributed by atoms with Crippen molar-refractivity contribution < 1.29 is 0 Å². The summed E-state index contributed by atoms with van der Waals surface area (Å²) in [5.41, 5.74) is 0.603. The Morgan fingerprint density at radius 2 is 1.65 bits per heavy atom. The minimum Gasteiger partial charge on any atom is -0.313 e. The van der Waals surface area contributed by atoms with Gasteiger partial charge in [-0.1, -0.05) is 60.3 Å². The minimum atomic E-state index is 0.603. The van der Waals surface area contributed by atoms with Crippen LogP contribution in [0.3, 0.4) is 0 Å². The Bertz CT molecular complexity index is 240. The molecule has 2 unspecified atom stereocenters. The van der Waals surface area contributed by atoms with Gasteiger partial charge in [-0.05, 0) is 55.9 Å². The van der Waals surface area contributed by atoms with Crippen molar-refractivity contribution in [3.05, 3.63) is 0 Å². The molecule has 1 nitrogen and oxygen atoms in total. The first kappa shape index (κ1) is 18.0. The van der Waals surface area contributed by atoms with Gasteiger partial charge in [0.25, 0.3) is 0 Å². The summed E-state index contributed by atoms with van der Waals surface area (Å²) in [6.07, 6.45) is 12.6. The van der Waals surface area contributed by atoms with Gasteiger partial charge < -0.3 is 5.32 Å². The molecule has 1 fully saturated rings. The van der Waals surface area contributed by atoms with Crippen molar-refractivity contribution in [2.24, 2.45) is 17.3 Å². The molecule has 1 aliphatic rings. The minimum absolute atomic E-state index is 0.603. The topological polar surface area (TPSA) is 12.0 Å². The van der Waals surface area contributed by atoms with Gasteiger partial charge in [-0.25, -0.2) is 0 Å². The number of nitrogens with one attached hydrogen (secondary N) is 1. The molecule has 0 aromatic heterocycles. The third-order valence-electron chi connectivity index (χ3n) is 5.21. The Hall–Kier alpha value is -0.0400. The van der Waals surface area contributed by atoms with Crippen molar-refractivity contribution in [1.82, 2.24) is 5.32 Å². The smallest absolute Gasteiger partial charge is 0.0126 e. The summed E-state index contributed by atoms with van der Waals surface area (Å²) >= 11 is 0. The van der Waals surface area contributed by atoms with E-state index in [0.29, 0.717) is 5.41 Å². The van der Waals surface area contributed by atoms with Crippen LogP contribution < -0.4 is 5.32 Å². The van der Waals surface area contributed by atoms with Crippen LogP contribution in [0, 0.1) is 17.3 Å². The van der Waals surface area contributed by atoms with Crippen LogP contribution in [0.5, 0.6) is 0 Å². The number of rotatable bonds is 10. The molecule has 2 atom stereocenters. The first-order valence-corrected chi connectivity index (χ1v) is 9.27. The van der Waals surface area contributed by atoms with E-state index in [4.69, 9.17) is 0 Å². The highest BCUT2D eigenvalue weighted by Gasteiger charge is 2.41. The van der Waals surface area contributed by atoms with E-state index >= 15 is 0 Å². The molecule has 0 aromatic rings. The van der Waals surface area contributed by atoms with Gasteiger partial charge in [-0.15, -0.1) is 0 Å². The zero-order valence-corrected chi connectivity index (χ0v) is 14.8. The van der Waals surface area contributed by atoms with E-state index in [-0.39, 0.29) is 0 Å². The molecular formula is C19H39N. The van der Waals surface area contributed by atoms with Gasteiger partial charge in [-0.2, -0.15) is 0 Å². The van der Waals surface area contributed by atoms with Crippen LogP contribution in [0.25, 0.3) is 0 Å². The fourth-order valence-electron chi connectivity index (χ4n) is 4.47. The third kappa shape index (κ3) is 5.39. The maximum absolute atomic E-state index is 3.95. The SMILES string of the molecule is CCCNC(CC(C)CCC)C1(CC(C)C)CCCC1. The first-order chi connectivity index (χ1) is 9.54. The van der Waals surface area contributed by atoms with Gasteiger partial charge >= 0.3 is 0 Å². The molecule has 120 valence electrons. The van der Waals surface area contributed by atoms with Crippen molar-refractivity contribution in [1.29, 1.82) is 0 Å². The Balaban J connectivity index is 2.75. The predicted octanol–water partition coefficient (Wildman–Crippen LogP) is 5.79. The average molecular weight is 282 g/mol. The fraction of sp³-hybridized carbons (Fsp3) is 1.00. The van der Waals surface area contributed by atoms with Crippen LogP contribution in [0.2, 0.25) is 0 Å². The summed E-state index contributed by atoms with van der Waals surface area (Å²) in [5.74, 6) is 1.71. The number of hydrogen-bond donors (Lipinski definition) is 1. The Kier molecular flexibility index (Phi) is 8.17. The lowest BCUT2D eigenvalue weighted by molar-refractivity contribution is 0.133. The fourth-order valence-corrected chi connectivity index (χ4v) is 4.47. The summed E-state index contributed by atoms with van der Waals surface area (Å²) in [6, 6.07) is 0.758. The molecule has 0 spiro atoms. The highest BCUT2D eigenvalue weighted by Crippen LogP contribution is 2.47. The molecule has 0 bridgehead atoms. The van der Waals surface area contributed by atoms with Crippen LogP contribution >= 0.6 is 0 Å². The van der Waals surface area contributed by atoms with Gasteiger partial charge in [-0.3, -0.25) is 0 Å². The van der Waals surface area contributed by atoms with Crippen molar-refractivity contribution in [3.63, 3.8) is 0 Å². The zero-order valence-electron chi connectivity index (χ0n) is 14.8. The molecule has 0 aliphatic heterocycles. The van der Waals surface area contributed by atoms with Gasteiger partial charge in [0.15, 0.2) is 0 Å². The summed E-state index contributed by atoms with van der Waals surface area (Å²) in [7, 11) is 0. The van der Waals surface area contributed by atoms with Crippen molar-refractivity contribution in [3.8, 4) is 0 Å². The quantitative estimate of drug-likeness (QED) is 0.534. The maximum atomic E-state index is 3.95. The van der Waals surface area contributed by atoms with E-state index < -0.39 is 0 Å². The molecule has 1 aliphatic carbocycles. The Morgan fingerprint density at radius 3 is 2.15 bits per heavy atom. The molecule has 0 radical (unpaired) electrons. The van der Waals surface area contributed by atoms with E-state index in [0.717, 1.165) is 17.9 Å². The summed E-state index contributed by atoms with van der Waals surface area (Å²) < 4.78 is 0. The molecule has 20 heavy (non-hydrogen) atoms. The molecule has 0 heterocycles. The summed E-state index contributed by atoms with van der Waals surface area (Å²) in [5, 5.41) is 3.95. The van der Waals surface area contributed by atoms with E-state index in [1.807, 2.05) is 0 Å². The van der Waals surface area contributed by atoms with Crippen LogP contribution in [-0.4, -0.2) is 12.6 Å². The third-order valence-corrected chi connectivity index (χ3v) is 5.21. The van der Waals surface area contributed by atoms with Crippen LogP contribution in [-0.2, 0) is 0 Å². The molecule has 0 saturated heterocycles. The Morgan fingerprint density at radius 1 is 1.00 bits per heavy atom. The van der Waals surface area contributed by atoms with E-state index in [1.54, 1.807) is 0 Å². The van der Waals surface area contributed by atoms with Crippen molar-refractivity contribution >= 4 is 0 Å². The second-order valence-corrected chi connectivity index (χ2v) is 7.80. The normalized spacial score (nSPS) is 21.3. The lowest BCUT2D eigenvalue weighted by Crippen LogP contribution is -2.46. The van der Waals surface area contributed by atoms with Crippen molar-refractivity contribution in [2.45, 2.75) is 98.4 Å². The largest absolute Gasteiger partial charge is 0.313 e. The molecule has 1 rings (SSSR count). The Labute approximate surface area is 128 Å². The lowest BCUT2D eigenvalue weighted by Gasteiger charge is -2.41. The number of hydrogen-bond acceptors (Lipinski definition) is 1. The lowest BCUT2D eigenvalue weighted by atomic mass is 9.70. The van der Waals surface area contributed by atoms with E-state index in [9.17, 15) is 0 Å². The van der Waals surface area contributed by atoms with E-state index in [1.165, 1.54) is 64.3 Å². The van der Waals surface area contributed by atoms with Crippen molar-refractivity contribution in [2.75, 3.05) is 6.54 Å². The highest BCUT2D eigenvalue weighted by molar-refractivity contribution is 4.95. The van der Waals surface area contributed by atoms with Gasteiger partial charge in [0.05, 0.1) is 0 Å². The maximum Gasteiger partial charge on any atom is 0.0126 e. The molecule has 0 amide bonds. The second kappa shape index (κ2) is 9.07. The molecule has 1 heteroatoms. The van der Waals surface area contributed by atoms with Gasteiger partial charge in [0.1, 0.15) is 0 Å². The highest BCUT2D eigenvalue weighted by atomic mass is 14.9.